The van der Waals surface area contributed by atoms with Crippen LogP contribution in [-0.4, -0.2) is 40.9 Å². The molecule has 2 saturated heterocycles. The topological polar surface area (TPSA) is 68.9 Å². The molecule has 164 valence electrons. The standard InChI is InChI=1S/C26H30N6/c1-18(2)22-7-9-24(30-29-22)31-13-10-26(11-14-31)15-19(3)32(17-26)23-8-6-20(16-27)25-21(23)5-4-12-28-25/h4-9,12,18-19H,10-11,13-15,17H2,1-3H3/t19-/m0/s1. The van der Waals surface area contributed by atoms with E-state index in [1.165, 1.54) is 12.1 Å². The maximum absolute atomic E-state index is 9.49. The number of rotatable bonds is 3. The third kappa shape index (κ3) is 3.56. The summed E-state index contributed by atoms with van der Waals surface area (Å²) >= 11 is 0. The van der Waals surface area contributed by atoms with E-state index in [-0.39, 0.29) is 0 Å². The first-order valence-electron chi connectivity index (χ1n) is 11.6. The van der Waals surface area contributed by atoms with E-state index in [1.807, 2.05) is 12.1 Å². The normalized spacial score (nSPS) is 20.3. The van der Waals surface area contributed by atoms with Gasteiger partial charge in [0.15, 0.2) is 5.82 Å². The van der Waals surface area contributed by atoms with Crippen LogP contribution in [-0.2, 0) is 0 Å². The SMILES string of the molecule is CC(C)c1ccc(N2CCC3(CC2)C[C@H](C)N(c2ccc(C#N)c4ncccc24)C3)nn1. The molecule has 3 aromatic rings. The van der Waals surface area contributed by atoms with E-state index in [4.69, 9.17) is 0 Å². The molecular weight excluding hydrogens is 396 g/mol. The maximum Gasteiger partial charge on any atom is 0.151 e. The highest BCUT2D eigenvalue weighted by Crippen LogP contribution is 2.46. The molecule has 0 amide bonds. The number of benzene rings is 1. The van der Waals surface area contributed by atoms with Gasteiger partial charge in [-0.25, -0.2) is 0 Å². The van der Waals surface area contributed by atoms with Gasteiger partial charge in [0.25, 0.3) is 0 Å². The Morgan fingerprint density at radius 2 is 1.91 bits per heavy atom. The smallest absolute Gasteiger partial charge is 0.151 e. The number of pyridine rings is 1. The van der Waals surface area contributed by atoms with Crippen LogP contribution >= 0.6 is 0 Å². The van der Waals surface area contributed by atoms with Gasteiger partial charge in [-0.05, 0) is 73.9 Å². The Morgan fingerprint density at radius 3 is 2.59 bits per heavy atom. The highest BCUT2D eigenvalue weighted by atomic mass is 15.3. The molecule has 2 aliphatic rings. The second-order valence-corrected chi connectivity index (χ2v) is 9.78. The average molecular weight is 427 g/mol. The number of fused-ring (bicyclic) bond motifs is 1. The van der Waals surface area contributed by atoms with Crippen molar-refractivity contribution in [1.29, 1.82) is 5.26 Å². The van der Waals surface area contributed by atoms with Crippen LogP contribution in [0.2, 0.25) is 0 Å². The van der Waals surface area contributed by atoms with Crippen LogP contribution in [0.1, 0.15) is 57.2 Å². The van der Waals surface area contributed by atoms with Crippen molar-refractivity contribution in [3.8, 4) is 6.07 Å². The number of anilines is 2. The first-order chi connectivity index (χ1) is 15.5. The van der Waals surface area contributed by atoms with Crippen LogP contribution < -0.4 is 9.80 Å². The van der Waals surface area contributed by atoms with Gasteiger partial charge < -0.3 is 9.80 Å². The highest BCUT2D eigenvalue weighted by Gasteiger charge is 2.44. The van der Waals surface area contributed by atoms with Crippen molar-refractivity contribution in [2.24, 2.45) is 5.41 Å². The zero-order valence-corrected chi connectivity index (χ0v) is 19.1. The summed E-state index contributed by atoms with van der Waals surface area (Å²) < 4.78 is 0. The van der Waals surface area contributed by atoms with Gasteiger partial charge in [0.05, 0.1) is 16.8 Å². The van der Waals surface area contributed by atoms with Gasteiger partial charge in [-0.15, -0.1) is 5.10 Å². The van der Waals surface area contributed by atoms with Crippen molar-refractivity contribution >= 4 is 22.4 Å². The lowest BCUT2D eigenvalue weighted by molar-refractivity contribution is 0.244. The van der Waals surface area contributed by atoms with Crippen molar-refractivity contribution in [2.75, 3.05) is 29.4 Å². The van der Waals surface area contributed by atoms with Crippen molar-refractivity contribution in [1.82, 2.24) is 15.2 Å². The van der Waals surface area contributed by atoms with Crippen LogP contribution in [0, 0.1) is 16.7 Å². The van der Waals surface area contributed by atoms with Crippen molar-refractivity contribution in [2.45, 2.75) is 52.0 Å². The second-order valence-electron chi connectivity index (χ2n) is 9.78. The summed E-state index contributed by atoms with van der Waals surface area (Å²) in [6, 6.07) is 15.1. The predicted octanol–water partition coefficient (Wildman–Crippen LogP) is 4.91. The fourth-order valence-electron chi connectivity index (χ4n) is 5.52. The summed E-state index contributed by atoms with van der Waals surface area (Å²) in [4.78, 5) is 9.43. The summed E-state index contributed by atoms with van der Waals surface area (Å²) in [5, 5.41) is 19.5. The summed E-state index contributed by atoms with van der Waals surface area (Å²) in [6.07, 6.45) is 5.29. The largest absolute Gasteiger partial charge is 0.368 e. The van der Waals surface area contributed by atoms with Gasteiger partial charge in [0, 0.05) is 42.9 Å². The third-order valence-corrected chi connectivity index (χ3v) is 7.35. The van der Waals surface area contributed by atoms with Crippen LogP contribution in [0.4, 0.5) is 11.5 Å². The molecule has 2 aromatic heterocycles. The Bertz CT molecular complexity index is 1160. The highest BCUT2D eigenvalue weighted by molar-refractivity contribution is 5.95. The summed E-state index contributed by atoms with van der Waals surface area (Å²) in [6.45, 7) is 9.72. The molecule has 1 atom stereocenters. The third-order valence-electron chi connectivity index (χ3n) is 7.35. The minimum Gasteiger partial charge on any atom is -0.368 e. The zero-order chi connectivity index (χ0) is 22.3. The minimum absolute atomic E-state index is 0.323. The van der Waals surface area contributed by atoms with E-state index in [0.717, 1.165) is 54.9 Å². The molecule has 1 aromatic carbocycles. The van der Waals surface area contributed by atoms with Gasteiger partial charge >= 0.3 is 0 Å². The molecule has 6 nitrogen and oxygen atoms in total. The fourth-order valence-corrected chi connectivity index (χ4v) is 5.52. The molecule has 2 aliphatic heterocycles. The molecule has 0 N–H and O–H groups in total. The average Bonchev–Trinajstić information content (AvgIpc) is 3.14. The summed E-state index contributed by atoms with van der Waals surface area (Å²) in [5.74, 6) is 1.40. The summed E-state index contributed by atoms with van der Waals surface area (Å²) in [5.41, 5.74) is 4.02. The predicted molar refractivity (Wildman–Crippen MR) is 128 cm³/mol. The maximum atomic E-state index is 9.49. The Morgan fingerprint density at radius 1 is 1.09 bits per heavy atom. The number of aromatic nitrogens is 3. The van der Waals surface area contributed by atoms with E-state index in [2.05, 4.69) is 76.1 Å². The number of nitriles is 1. The molecule has 0 unspecified atom stereocenters. The Balaban J connectivity index is 1.34. The zero-order valence-electron chi connectivity index (χ0n) is 19.1. The van der Waals surface area contributed by atoms with Crippen LogP contribution in [0.3, 0.4) is 0 Å². The van der Waals surface area contributed by atoms with Crippen LogP contribution in [0.15, 0.2) is 42.6 Å². The van der Waals surface area contributed by atoms with Crippen molar-refractivity contribution < 1.29 is 0 Å². The van der Waals surface area contributed by atoms with E-state index < -0.39 is 0 Å². The number of hydrogen-bond acceptors (Lipinski definition) is 6. The van der Waals surface area contributed by atoms with Crippen molar-refractivity contribution in [3.63, 3.8) is 0 Å². The molecule has 0 bridgehead atoms. The lowest BCUT2D eigenvalue weighted by atomic mass is 9.77. The Hall–Kier alpha value is -3.20. The summed E-state index contributed by atoms with van der Waals surface area (Å²) in [7, 11) is 0. The lowest BCUT2D eigenvalue weighted by Crippen LogP contribution is -2.42. The Labute approximate surface area is 189 Å². The molecular formula is C26H30N6. The lowest BCUT2D eigenvalue weighted by Gasteiger charge is -2.39. The van der Waals surface area contributed by atoms with E-state index in [9.17, 15) is 5.26 Å². The molecule has 4 heterocycles. The van der Waals surface area contributed by atoms with Crippen LogP contribution in [0.25, 0.3) is 10.9 Å². The molecule has 0 radical (unpaired) electrons. The molecule has 1 spiro atoms. The van der Waals surface area contributed by atoms with Gasteiger partial charge in [-0.3, -0.25) is 4.98 Å². The van der Waals surface area contributed by atoms with E-state index >= 15 is 0 Å². The van der Waals surface area contributed by atoms with Crippen LogP contribution in [0.5, 0.6) is 0 Å². The number of hydrogen-bond donors (Lipinski definition) is 0. The quantitative estimate of drug-likeness (QED) is 0.593. The van der Waals surface area contributed by atoms with Gasteiger partial charge in [-0.2, -0.15) is 10.4 Å². The molecule has 32 heavy (non-hydrogen) atoms. The van der Waals surface area contributed by atoms with Gasteiger partial charge in [0.1, 0.15) is 6.07 Å². The number of nitrogens with zero attached hydrogens (tertiary/aromatic N) is 6. The monoisotopic (exact) mass is 426 g/mol. The van der Waals surface area contributed by atoms with E-state index in [0.29, 0.717) is 22.9 Å². The molecule has 0 aliphatic carbocycles. The Kier molecular flexibility index (Phi) is 5.21. The van der Waals surface area contributed by atoms with E-state index in [1.54, 1.807) is 6.20 Å². The fraction of sp³-hybridized carbons (Fsp3) is 0.462. The molecule has 5 rings (SSSR count). The number of piperidine rings is 1. The first-order valence-corrected chi connectivity index (χ1v) is 11.6. The minimum atomic E-state index is 0.323. The molecule has 0 saturated carbocycles. The van der Waals surface area contributed by atoms with Gasteiger partial charge in [-0.1, -0.05) is 13.8 Å². The molecule has 6 heteroatoms. The first kappa shape index (κ1) is 20.7. The molecule has 2 fully saturated rings. The second kappa shape index (κ2) is 8.05. The van der Waals surface area contributed by atoms with Gasteiger partial charge in [0.2, 0.25) is 0 Å². The van der Waals surface area contributed by atoms with Crippen molar-refractivity contribution in [3.05, 3.63) is 53.9 Å².